The Balaban J connectivity index is 1.26. The van der Waals surface area contributed by atoms with Crippen molar-refractivity contribution < 1.29 is 42.1 Å². The van der Waals surface area contributed by atoms with Crippen molar-refractivity contribution in [2.45, 2.75) is 44.4 Å². The predicted octanol–water partition coefficient (Wildman–Crippen LogP) is 4.12. The highest BCUT2D eigenvalue weighted by Gasteiger charge is 2.35. The van der Waals surface area contributed by atoms with Gasteiger partial charge in [-0.3, -0.25) is 9.59 Å². The van der Waals surface area contributed by atoms with E-state index in [1.54, 1.807) is 78.5 Å². The largest absolute Gasteiger partial charge is 0.486 e. The topological polar surface area (TPSA) is 130 Å². The number of nitrogens with one attached hydrogen (secondary N) is 2. The van der Waals surface area contributed by atoms with Gasteiger partial charge in [-0.25, -0.2) is 9.48 Å². The van der Waals surface area contributed by atoms with E-state index in [0.717, 1.165) is 0 Å². The number of fused-ring (bicyclic) bond motifs is 2. The highest BCUT2D eigenvalue weighted by Crippen LogP contribution is 2.36. The number of ether oxygens (including phenoxy) is 4. The molecular formula is C32H30F2N4O7. The lowest BCUT2D eigenvalue weighted by atomic mass is 10.0. The van der Waals surface area contributed by atoms with Crippen LogP contribution in [0.15, 0.2) is 66.9 Å². The Morgan fingerprint density at radius 1 is 1.02 bits per heavy atom. The number of hydrogen-bond donors (Lipinski definition) is 2. The SMILES string of the molecule is C[C@H](NC(=O)C(C)(F)F)[C@H](Oc1ccc2c(cnn2-c2cccc(C(=O)NC3CCOC3=O)c2)c1)c1ccc2c(c1)OCCO2. The van der Waals surface area contributed by atoms with E-state index in [4.69, 9.17) is 18.9 Å². The highest BCUT2D eigenvalue weighted by atomic mass is 19.3. The van der Waals surface area contributed by atoms with Gasteiger partial charge in [-0.05, 0) is 61.0 Å². The number of carbonyl (C=O) groups excluding carboxylic acids is 3. The number of rotatable bonds is 9. The average Bonchev–Trinajstić information content (AvgIpc) is 3.64. The zero-order chi connectivity index (χ0) is 31.7. The van der Waals surface area contributed by atoms with Crippen LogP contribution < -0.4 is 24.8 Å². The van der Waals surface area contributed by atoms with Crippen molar-refractivity contribution in [1.82, 2.24) is 20.4 Å². The molecule has 1 saturated heterocycles. The number of aromatic nitrogens is 2. The summed E-state index contributed by atoms with van der Waals surface area (Å²) >= 11 is 0. The molecule has 0 bridgehead atoms. The lowest BCUT2D eigenvalue weighted by Crippen LogP contribution is -2.46. The molecule has 2 aliphatic heterocycles. The number of alkyl halides is 2. The lowest BCUT2D eigenvalue weighted by Gasteiger charge is -2.28. The second-order valence-corrected chi connectivity index (χ2v) is 10.9. The molecule has 6 rings (SSSR count). The Bertz CT molecular complexity index is 1770. The van der Waals surface area contributed by atoms with Gasteiger partial charge in [-0.15, -0.1) is 0 Å². The molecule has 1 fully saturated rings. The first kappa shape index (κ1) is 29.9. The number of nitrogens with zero attached hydrogens (tertiary/aromatic N) is 2. The number of esters is 1. The summed E-state index contributed by atoms with van der Waals surface area (Å²) in [7, 11) is 0. The van der Waals surface area contributed by atoms with Crippen molar-refractivity contribution >= 4 is 28.7 Å². The van der Waals surface area contributed by atoms with Gasteiger partial charge in [0, 0.05) is 24.3 Å². The van der Waals surface area contributed by atoms with Crippen LogP contribution in [0.3, 0.4) is 0 Å². The molecule has 3 aromatic carbocycles. The molecule has 2 N–H and O–H groups in total. The summed E-state index contributed by atoms with van der Waals surface area (Å²) in [6.45, 7) is 3.16. The van der Waals surface area contributed by atoms with Crippen LogP contribution in [0.2, 0.25) is 0 Å². The third-order valence-corrected chi connectivity index (χ3v) is 7.50. The first-order chi connectivity index (χ1) is 21.6. The number of halogens is 2. The Morgan fingerprint density at radius 3 is 2.58 bits per heavy atom. The zero-order valence-corrected chi connectivity index (χ0v) is 24.4. The Kier molecular flexibility index (Phi) is 8.00. The van der Waals surface area contributed by atoms with Crippen molar-refractivity contribution in [1.29, 1.82) is 0 Å². The molecule has 4 aromatic rings. The Hall–Kier alpha value is -5.20. The molecular weight excluding hydrogens is 590 g/mol. The van der Waals surface area contributed by atoms with Crippen LogP contribution in [0.4, 0.5) is 8.78 Å². The number of amides is 2. The molecule has 1 aromatic heterocycles. The van der Waals surface area contributed by atoms with E-state index in [0.29, 0.717) is 71.5 Å². The highest BCUT2D eigenvalue weighted by molar-refractivity contribution is 5.97. The fourth-order valence-electron chi connectivity index (χ4n) is 5.19. The van der Waals surface area contributed by atoms with Gasteiger partial charge in [0.05, 0.1) is 30.0 Å². The summed E-state index contributed by atoms with van der Waals surface area (Å²) in [6.07, 6.45) is 1.18. The van der Waals surface area contributed by atoms with E-state index >= 15 is 0 Å². The van der Waals surface area contributed by atoms with Crippen molar-refractivity contribution in [3.63, 3.8) is 0 Å². The van der Waals surface area contributed by atoms with Gasteiger partial charge in [0.25, 0.3) is 11.8 Å². The van der Waals surface area contributed by atoms with Crippen LogP contribution >= 0.6 is 0 Å². The molecule has 1 unspecified atom stereocenters. The number of hydrogen-bond acceptors (Lipinski definition) is 8. The van der Waals surface area contributed by atoms with Crippen LogP contribution in [0.1, 0.15) is 42.3 Å². The third kappa shape index (κ3) is 6.37. The summed E-state index contributed by atoms with van der Waals surface area (Å²) in [5, 5.41) is 10.3. The molecule has 11 nitrogen and oxygen atoms in total. The summed E-state index contributed by atoms with van der Waals surface area (Å²) in [5.41, 5.74) is 2.27. The maximum absolute atomic E-state index is 13.7. The normalized spacial score (nSPS) is 17.3. The third-order valence-electron chi connectivity index (χ3n) is 7.50. The van der Waals surface area contributed by atoms with Crippen LogP contribution in [-0.4, -0.2) is 65.4 Å². The molecule has 0 radical (unpaired) electrons. The van der Waals surface area contributed by atoms with Crippen LogP contribution in [0, 0.1) is 0 Å². The van der Waals surface area contributed by atoms with E-state index in [2.05, 4.69) is 15.7 Å². The predicted molar refractivity (Wildman–Crippen MR) is 157 cm³/mol. The number of cyclic esters (lactones) is 1. The molecule has 3 heterocycles. The molecule has 0 saturated carbocycles. The molecule has 45 heavy (non-hydrogen) atoms. The maximum atomic E-state index is 13.7. The Morgan fingerprint density at radius 2 is 1.82 bits per heavy atom. The maximum Gasteiger partial charge on any atom is 0.328 e. The van der Waals surface area contributed by atoms with Gasteiger partial charge in [0.2, 0.25) is 0 Å². The summed E-state index contributed by atoms with van der Waals surface area (Å²) in [6, 6.07) is 15.7. The summed E-state index contributed by atoms with van der Waals surface area (Å²) in [5.74, 6) is -4.40. The Labute approximate surface area is 256 Å². The fourth-order valence-corrected chi connectivity index (χ4v) is 5.19. The van der Waals surface area contributed by atoms with Crippen LogP contribution in [0.5, 0.6) is 17.2 Å². The molecule has 2 amide bonds. The minimum absolute atomic E-state index is 0.272. The molecule has 0 aliphatic carbocycles. The lowest BCUT2D eigenvalue weighted by molar-refractivity contribution is -0.144. The van der Waals surface area contributed by atoms with Gasteiger partial charge in [0.1, 0.15) is 31.1 Å². The monoisotopic (exact) mass is 620 g/mol. The average molecular weight is 621 g/mol. The van der Waals surface area contributed by atoms with E-state index in [9.17, 15) is 23.2 Å². The fraction of sp³-hybridized carbons (Fsp3) is 0.312. The first-order valence-corrected chi connectivity index (χ1v) is 14.4. The van der Waals surface area contributed by atoms with Crippen molar-refractivity contribution in [3.8, 4) is 22.9 Å². The van der Waals surface area contributed by atoms with Gasteiger partial charge in [-0.2, -0.15) is 13.9 Å². The number of benzene rings is 3. The summed E-state index contributed by atoms with van der Waals surface area (Å²) in [4.78, 5) is 36.7. The molecule has 2 aliphatic rings. The zero-order valence-electron chi connectivity index (χ0n) is 24.4. The van der Waals surface area contributed by atoms with Gasteiger partial charge >= 0.3 is 11.9 Å². The molecule has 13 heteroatoms. The summed E-state index contributed by atoms with van der Waals surface area (Å²) < 4.78 is 51.7. The molecule has 3 atom stereocenters. The second kappa shape index (κ2) is 12.1. The minimum atomic E-state index is -3.57. The standard InChI is InChI=1S/C32H30F2N4O7/c1-18(36-31(41)32(2,33)34)28(19-6-9-26-27(16-19)43-13-12-42-26)45-23-7-8-25-21(15-23)17-35-38(25)22-5-3-4-20(14-22)29(39)37-24-10-11-44-30(24)40/h3-9,14-18,24,28H,10-13H2,1-2H3,(H,36,41)(H,37,39)/t18-,24?,28-/m0/s1. The van der Waals surface area contributed by atoms with E-state index in [1.165, 1.54) is 0 Å². The van der Waals surface area contributed by atoms with E-state index in [1.807, 2.05) is 0 Å². The van der Waals surface area contributed by atoms with Gasteiger partial charge < -0.3 is 29.6 Å². The first-order valence-electron chi connectivity index (χ1n) is 14.4. The van der Waals surface area contributed by atoms with E-state index < -0.39 is 41.9 Å². The van der Waals surface area contributed by atoms with Crippen molar-refractivity contribution in [3.05, 3.63) is 78.0 Å². The quantitative estimate of drug-likeness (QED) is 0.268. The van der Waals surface area contributed by atoms with Crippen molar-refractivity contribution in [2.24, 2.45) is 0 Å². The smallest absolute Gasteiger partial charge is 0.328 e. The van der Waals surface area contributed by atoms with E-state index in [-0.39, 0.29) is 6.61 Å². The minimum Gasteiger partial charge on any atom is -0.486 e. The van der Waals surface area contributed by atoms with Crippen LogP contribution in [-0.2, 0) is 14.3 Å². The van der Waals surface area contributed by atoms with Gasteiger partial charge in [-0.1, -0.05) is 12.1 Å². The molecule has 234 valence electrons. The number of carbonyl (C=O) groups is 3. The van der Waals surface area contributed by atoms with Crippen LogP contribution in [0.25, 0.3) is 16.6 Å². The van der Waals surface area contributed by atoms with Crippen molar-refractivity contribution in [2.75, 3.05) is 19.8 Å². The molecule has 0 spiro atoms. The second-order valence-electron chi connectivity index (χ2n) is 10.9. The van der Waals surface area contributed by atoms with Gasteiger partial charge in [0.15, 0.2) is 11.5 Å².